The van der Waals surface area contributed by atoms with E-state index in [-0.39, 0.29) is 22.6 Å². The number of halogens is 4. The Morgan fingerprint density at radius 1 is 1.18 bits per heavy atom. The second-order valence-electron chi connectivity index (χ2n) is 4.83. The molecule has 0 saturated carbocycles. The molecule has 2 aromatic carbocycles. The van der Waals surface area contributed by atoms with Crippen molar-refractivity contribution < 1.29 is 18.0 Å². The number of benzene rings is 2. The predicted octanol–water partition coefficient (Wildman–Crippen LogP) is 4.18. The van der Waals surface area contributed by atoms with Crippen molar-refractivity contribution >= 4 is 17.5 Å². The summed E-state index contributed by atoms with van der Waals surface area (Å²) in [5, 5.41) is 2.68. The second kappa shape index (κ2) is 6.83. The normalized spacial score (nSPS) is 12.0. The zero-order chi connectivity index (χ0) is 16.3. The quantitative estimate of drug-likeness (QED) is 0.897. The van der Waals surface area contributed by atoms with Crippen LogP contribution in [-0.4, -0.2) is 5.91 Å². The molecule has 0 fully saturated rings. The summed E-state index contributed by atoms with van der Waals surface area (Å²) >= 11 is 5.85. The molecule has 6 heteroatoms. The standard InChI is InChI=1S/C16H13ClF3NO/c1-9(11-6-5-10(18)7-15(11)20)21-16(22)8-12-13(17)3-2-4-14(12)19/h2-7,9H,8H2,1H3,(H,21,22)/t9-/m1/s1. The van der Waals surface area contributed by atoms with Crippen molar-refractivity contribution in [1.29, 1.82) is 0 Å². The maximum absolute atomic E-state index is 13.6. The van der Waals surface area contributed by atoms with E-state index in [1.165, 1.54) is 24.3 Å². The molecule has 1 atom stereocenters. The largest absolute Gasteiger partial charge is 0.349 e. The summed E-state index contributed by atoms with van der Waals surface area (Å²) in [5.74, 6) is -2.54. The Kier molecular flexibility index (Phi) is 5.08. The summed E-state index contributed by atoms with van der Waals surface area (Å²) in [6, 6.07) is 6.55. The number of nitrogens with one attached hydrogen (secondary N) is 1. The predicted molar refractivity (Wildman–Crippen MR) is 78.0 cm³/mol. The highest BCUT2D eigenvalue weighted by molar-refractivity contribution is 6.31. The lowest BCUT2D eigenvalue weighted by molar-refractivity contribution is -0.121. The molecule has 0 aliphatic heterocycles. The van der Waals surface area contributed by atoms with Crippen molar-refractivity contribution in [2.45, 2.75) is 19.4 Å². The van der Waals surface area contributed by atoms with E-state index in [1.807, 2.05) is 0 Å². The van der Waals surface area contributed by atoms with E-state index in [9.17, 15) is 18.0 Å². The van der Waals surface area contributed by atoms with E-state index in [0.29, 0.717) is 0 Å². The van der Waals surface area contributed by atoms with Crippen LogP contribution in [0.15, 0.2) is 36.4 Å². The second-order valence-corrected chi connectivity index (χ2v) is 5.24. The number of rotatable bonds is 4. The Morgan fingerprint density at radius 3 is 2.55 bits per heavy atom. The lowest BCUT2D eigenvalue weighted by Crippen LogP contribution is -2.29. The molecule has 1 N–H and O–H groups in total. The van der Waals surface area contributed by atoms with E-state index >= 15 is 0 Å². The van der Waals surface area contributed by atoms with Crippen LogP contribution in [0.2, 0.25) is 5.02 Å². The number of amides is 1. The van der Waals surface area contributed by atoms with E-state index < -0.39 is 29.4 Å². The van der Waals surface area contributed by atoms with Crippen molar-refractivity contribution in [3.05, 3.63) is 70.0 Å². The zero-order valence-electron chi connectivity index (χ0n) is 11.7. The van der Waals surface area contributed by atoms with Gasteiger partial charge in [-0.1, -0.05) is 23.7 Å². The zero-order valence-corrected chi connectivity index (χ0v) is 12.4. The van der Waals surface area contributed by atoms with Gasteiger partial charge in [0, 0.05) is 22.2 Å². The fourth-order valence-corrected chi connectivity index (χ4v) is 2.31. The smallest absolute Gasteiger partial charge is 0.225 e. The molecule has 0 aliphatic rings. The van der Waals surface area contributed by atoms with Gasteiger partial charge in [0.25, 0.3) is 0 Å². The molecule has 0 heterocycles. The van der Waals surface area contributed by atoms with Gasteiger partial charge in [0.2, 0.25) is 5.91 Å². The number of carbonyl (C=O) groups excluding carboxylic acids is 1. The Hall–Kier alpha value is -2.01. The van der Waals surface area contributed by atoms with Crippen molar-refractivity contribution in [1.82, 2.24) is 5.32 Å². The van der Waals surface area contributed by atoms with Gasteiger partial charge in [0.15, 0.2) is 0 Å². The van der Waals surface area contributed by atoms with Gasteiger partial charge in [0.1, 0.15) is 17.5 Å². The third-order valence-corrected chi connectivity index (χ3v) is 3.56. The number of carbonyl (C=O) groups is 1. The summed E-state index contributed by atoms with van der Waals surface area (Å²) in [7, 11) is 0. The highest BCUT2D eigenvalue weighted by atomic mass is 35.5. The highest BCUT2D eigenvalue weighted by Crippen LogP contribution is 2.21. The van der Waals surface area contributed by atoms with Crippen LogP contribution in [0.3, 0.4) is 0 Å². The Labute approximate surface area is 130 Å². The fraction of sp³-hybridized carbons (Fsp3) is 0.188. The van der Waals surface area contributed by atoms with Gasteiger partial charge in [-0.2, -0.15) is 0 Å². The molecule has 0 aromatic heterocycles. The molecule has 2 aromatic rings. The SMILES string of the molecule is C[C@@H](NC(=O)Cc1c(F)cccc1Cl)c1ccc(F)cc1F. The monoisotopic (exact) mass is 327 g/mol. The van der Waals surface area contributed by atoms with Crippen LogP contribution in [0.5, 0.6) is 0 Å². The lowest BCUT2D eigenvalue weighted by atomic mass is 10.1. The lowest BCUT2D eigenvalue weighted by Gasteiger charge is -2.15. The third-order valence-electron chi connectivity index (χ3n) is 3.21. The van der Waals surface area contributed by atoms with Gasteiger partial charge in [0.05, 0.1) is 12.5 Å². The molecular weight excluding hydrogens is 315 g/mol. The van der Waals surface area contributed by atoms with E-state index in [0.717, 1.165) is 12.1 Å². The molecule has 22 heavy (non-hydrogen) atoms. The summed E-state index contributed by atoms with van der Waals surface area (Å²) in [6.07, 6.45) is -0.265. The molecule has 0 unspecified atom stereocenters. The summed E-state index contributed by atoms with van der Waals surface area (Å²) < 4.78 is 40.1. The summed E-state index contributed by atoms with van der Waals surface area (Å²) in [4.78, 5) is 11.9. The third kappa shape index (κ3) is 3.80. The molecule has 2 nitrogen and oxygen atoms in total. The minimum absolute atomic E-state index is 0.0773. The molecule has 0 bridgehead atoms. The Balaban J connectivity index is 2.08. The first-order valence-electron chi connectivity index (χ1n) is 6.55. The Bertz CT molecular complexity index is 686. The molecule has 0 aliphatic carbocycles. The van der Waals surface area contributed by atoms with Crippen LogP contribution < -0.4 is 5.32 Å². The number of hydrogen-bond donors (Lipinski definition) is 1. The molecule has 116 valence electrons. The molecular formula is C16H13ClF3NO. The molecule has 2 rings (SSSR count). The van der Waals surface area contributed by atoms with Crippen LogP contribution in [0, 0.1) is 17.5 Å². The first-order valence-corrected chi connectivity index (χ1v) is 6.93. The molecule has 0 saturated heterocycles. The van der Waals surface area contributed by atoms with Crippen LogP contribution in [0.1, 0.15) is 24.1 Å². The first kappa shape index (κ1) is 16.4. The van der Waals surface area contributed by atoms with Gasteiger partial charge in [-0.05, 0) is 25.1 Å². The van der Waals surface area contributed by atoms with Crippen LogP contribution in [-0.2, 0) is 11.2 Å². The van der Waals surface area contributed by atoms with Crippen molar-refractivity contribution in [3.63, 3.8) is 0 Å². The van der Waals surface area contributed by atoms with Gasteiger partial charge >= 0.3 is 0 Å². The van der Waals surface area contributed by atoms with Gasteiger partial charge in [-0.15, -0.1) is 0 Å². The van der Waals surface area contributed by atoms with E-state index in [4.69, 9.17) is 11.6 Å². The van der Waals surface area contributed by atoms with Crippen molar-refractivity contribution in [2.24, 2.45) is 0 Å². The number of hydrogen-bond acceptors (Lipinski definition) is 1. The minimum Gasteiger partial charge on any atom is -0.349 e. The summed E-state index contributed by atoms with van der Waals surface area (Å²) in [6.45, 7) is 1.55. The average Bonchev–Trinajstić information content (AvgIpc) is 2.42. The fourth-order valence-electron chi connectivity index (χ4n) is 2.08. The first-order chi connectivity index (χ1) is 10.4. The van der Waals surface area contributed by atoms with Gasteiger partial charge in [-0.25, -0.2) is 13.2 Å². The van der Waals surface area contributed by atoms with E-state index in [1.54, 1.807) is 6.92 Å². The Morgan fingerprint density at radius 2 is 1.91 bits per heavy atom. The van der Waals surface area contributed by atoms with E-state index in [2.05, 4.69) is 5.32 Å². The molecule has 0 spiro atoms. The van der Waals surface area contributed by atoms with Crippen LogP contribution in [0.25, 0.3) is 0 Å². The summed E-state index contributed by atoms with van der Waals surface area (Å²) in [5.41, 5.74) is 0.225. The van der Waals surface area contributed by atoms with Crippen molar-refractivity contribution in [3.8, 4) is 0 Å². The van der Waals surface area contributed by atoms with Gasteiger partial charge in [-0.3, -0.25) is 4.79 Å². The molecule has 0 radical (unpaired) electrons. The molecule has 1 amide bonds. The maximum atomic E-state index is 13.6. The minimum atomic E-state index is -0.753. The van der Waals surface area contributed by atoms with Crippen LogP contribution >= 0.6 is 11.6 Å². The van der Waals surface area contributed by atoms with Gasteiger partial charge < -0.3 is 5.32 Å². The van der Waals surface area contributed by atoms with Crippen LogP contribution in [0.4, 0.5) is 13.2 Å². The topological polar surface area (TPSA) is 29.1 Å². The van der Waals surface area contributed by atoms with Crippen molar-refractivity contribution in [2.75, 3.05) is 0 Å². The average molecular weight is 328 g/mol. The maximum Gasteiger partial charge on any atom is 0.225 e. The highest BCUT2D eigenvalue weighted by Gasteiger charge is 2.17.